The molecule has 0 fully saturated rings. The Bertz CT molecular complexity index is 625. The average Bonchev–Trinajstić information content (AvgIpc) is 2.52. The summed E-state index contributed by atoms with van der Waals surface area (Å²) in [4.78, 5) is 36.7. The molecule has 1 amide bonds. The van der Waals surface area contributed by atoms with Crippen molar-refractivity contribution in [3.05, 3.63) is 35.9 Å². The fraction of sp³-hybridized carbons (Fsp3) is 0.526. The Morgan fingerprint density at radius 2 is 1.69 bits per heavy atom. The van der Waals surface area contributed by atoms with Crippen LogP contribution in [0, 0.1) is 5.41 Å². The predicted octanol–water partition coefficient (Wildman–Crippen LogP) is 1.75. The van der Waals surface area contributed by atoms with Gasteiger partial charge in [-0.05, 0) is 17.4 Å². The summed E-state index contributed by atoms with van der Waals surface area (Å²) in [5, 5.41) is 18.6. The highest BCUT2D eigenvalue weighted by atomic mass is 16.4. The topological polar surface area (TPSA) is 121 Å². The number of hydrogen-bond acceptors (Lipinski definition) is 4. The van der Waals surface area contributed by atoms with Crippen molar-refractivity contribution in [1.82, 2.24) is 4.90 Å². The van der Waals surface area contributed by atoms with Gasteiger partial charge in [-0.3, -0.25) is 9.59 Å². The number of nitrogens with two attached hydrogens (primary N) is 1. The molecule has 1 rings (SSSR count). The third kappa shape index (κ3) is 7.23. The van der Waals surface area contributed by atoms with Crippen molar-refractivity contribution in [3.8, 4) is 0 Å². The van der Waals surface area contributed by atoms with Crippen molar-refractivity contribution in [2.75, 3.05) is 6.54 Å². The molecule has 2 atom stereocenters. The molecule has 0 aliphatic carbocycles. The van der Waals surface area contributed by atoms with Crippen LogP contribution in [-0.4, -0.2) is 51.6 Å². The van der Waals surface area contributed by atoms with Gasteiger partial charge >= 0.3 is 11.9 Å². The molecule has 0 saturated carbocycles. The largest absolute Gasteiger partial charge is 0.481 e. The zero-order valence-electron chi connectivity index (χ0n) is 15.5. The number of aliphatic carboxylic acids is 2. The maximum Gasteiger partial charge on any atom is 0.326 e. The number of benzene rings is 1. The van der Waals surface area contributed by atoms with Crippen molar-refractivity contribution < 1.29 is 24.6 Å². The molecule has 1 aromatic rings. The minimum Gasteiger partial charge on any atom is -0.481 e. The minimum absolute atomic E-state index is 0.120. The van der Waals surface area contributed by atoms with Crippen LogP contribution in [0.2, 0.25) is 0 Å². The van der Waals surface area contributed by atoms with E-state index in [2.05, 4.69) is 0 Å². The zero-order chi connectivity index (χ0) is 19.9. The molecule has 26 heavy (non-hydrogen) atoms. The molecule has 7 nitrogen and oxygen atoms in total. The molecule has 1 aromatic carbocycles. The third-order valence-electron chi connectivity index (χ3n) is 4.03. The van der Waals surface area contributed by atoms with Crippen molar-refractivity contribution in [3.63, 3.8) is 0 Å². The first-order valence-corrected chi connectivity index (χ1v) is 8.56. The Hall–Kier alpha value is -2.41. The van der Waals surface area contributed by atoms with Crippen LogP contribution in [0.3, 0.4) is 0 Å². The molecule has 4 N–H and O–H groups in total. The SMILES string of the molecule is CC(C)(C)CCN(C(=O)[C@@H](N)CC(=O)O)[C@@H](Cc1ccccc1)C(=O)O. The van der Waals surface area contributed by atoms with Gasteiger partial charge in [-0.2, -0.15) is 0 Å². The van der Waals surface area contributed by atoms with Crippen LogP contribution in [-0.2, 0) is 20.8 Å². The molecular formula is C19H28N2O5. The van der Waals surface area contributed by atoms with Crippen LogP contribution < -0.4 is 5.73 Å². The highest BCUT2D eigenvalue weighted by molar-refractivity contribution is 5.89. The van der Waals surface area contributed by atoms with Gasteiger partial charge in [0.2, 0.25) is 5.91 Å². The van der Waals surface area contributed by atoms with Gasteiger partial charge in [-0.25, -0.2) is 4.79 Å². The molecule has 0 spiro atoms. The van der Waals surface area contributed by atoms with E-state index in [1.807, 2.05) is 26.8 Å². The van der Waals surface area contributed by atoms with E-state index in [0.717, 1.165) is 5.56 Å². The summed E-state index contributed by atoms with van der Waals surface area (Å²) in [5.41, 5.74) is 6.38. The van der Waals surface area contributed by atoms with Crippen molar-refractivity contribution >= 4 is 17.8 Å². The fourth-order valence-corrected chi connectivity index (χ4v) is 2.53. The molecule has 0 radical (unpaired) electrons. The van der Waals surface area contributed by atoms with E-state index in [1.165, 1.54) is 4.90 Å². The Kier molecular flexibility index (Phi) is 7.76. The molecular weight excluding hydrogens is 336 g/mol. The quantitative estimate of drug-likeness (QED) is 0.614. The summed E-state index contributed by atoms with van der Waals surface area (Å²) in [5.74, 6) is -2.99. The smallest absolute Gasteiger partial charge is 0.326 e. The number of carboxylic acids is 2. The van der Waals surface area contributed by atoms with Gasteiger partial charge in [0.15, 0.2) is 0 Å². The Labute approximate surface area is 153 Å². The first-order chi connectivity index (χ1) is 12.0. The summed E-state index contributed by atoms with van der Waals surface area (Å²) in [7, 11) is 0. The summed E-state index contributed by atoms with van der Waals surface area (Å²) in [6.07, 6.45) is 0.158. The second-order valence-corrected chi connectivity index (χ2v) is 7.59. The van der Waals surface area contributed by atoms with Crippen LogP contribution in [0.25, 0.3) is 0 Å². The van der Waals surface area contributed by atoms with E-state index in [4.69, 9.17) is 10.8 Å². The fourth-order valence-electron chi connectivity index (χ4n) is 2.53. The van der Waals surface area contributed by atoms with Gasteiger partial charge < -0.3 is 20.8 Å². The monoisotopic (exact) mass is 364 g/mol. The number of rotatable bonds is 9. The van der Waals surface area contributed by atoms with Gasteiger partial charge in [0, 0.05) is 13.0 Å². The van der Waals surface area contributed by atoms with Crippen molar-refractivity contribution in [2.45, 2.75) is 52.1 Å². The molecule has 0 heterocycles. The highest BCUT2D eigenvalue weighted by Crippen LogP contribution is 2.21. The molecule has 7 heteroatoms. The lowest BCUT2D eigenvalue weighted by Crippen LogP contribution is -2.53. The molecule has 0 bridgehead atoms. The van der Waals surface area contributed by atoms with Gasteiger partial charge in [0.1, 0.15) is 6.04 Å². The standard InChI is InChI=1S/C19H28N2O5/c1-19(2,3)9-10-21(17(24)14(20)12-16(22)23)15(18(25)26)11-13-7-5-4-6-8-13/h4-8,14-15H,9-12,20H2,1-3H3,(H,22,23)(H,25,26)/t14-,15-/m0/s1. The Morgan fingerprint density at radius 3 is 2.15 bits per heavy atom. The van der Waals surface area contributed by atoms with Crippen LogP contribution in [0.1, 0.15) is 39.2 Å². The van der Waals surface area contributed by atoms with E-state index < -0.39 is 36.4 Å². The lowest BCUT2D eigenvalue weighted by molar-refractivity contribution is -0.152. The van der Waals surface area contributed by atoms with Gasteiger partial charge in [0.25, 0.3) is 0 Å². The van der Waals surface area contributed by atoms with E-state index in [-0.39, 0.29) is 18.4 Å². The molecule has 0 unspecified atom stereocenters. The molecule has 0 saturated heterocycles. The first-order valence-electron chi connectivity index (χ1n) is 8.56. The van der Waals surface area contributed by atoms with Crippen molar-refractivity contribution in [2.24, 2.45) is 11.1 Å². The number of carbonyl (C=O) groups is 3. The number of carboxylic acid groups (broad SMARTS) is 2. The molecule has 144 valence electrons. The average molecular weight is 364 g/mol. The van der Waals surface area contributed by atoms with E-state index in [0.29, 0.717) is 6.42 Å². The third-order valence-corrected chi connectivity index (χ3v) is 4.03. The normalized spacial score (nSPS) is 13.7. The summed E-state index contributed by atoms with van der Waals surface area (Å²) in [6.45, 7) is 6.15. The summed E-state index contributed by atoms with van der Waals surface area (Å²) >= 11 is 0. The van der Waals surface area contributed by atoms with Gasteiger partial charge in [0.05, 0.1) is 12.5 Å². The molecule has 0 aliphatic rings. The second-order valence-electron chi connectivity index (χ2n) is 7.59. The lowest BCUT2D eigenvalue weighted by atomic mass is 9.91. The second kappa shape index (κ2) is 9.33. The van der Waals surface area contributed by atoms with E-state index in [9.17, 15) is 19.5 Å². The van der Waals surface area contributed by atoms with Crippen LogP contribution in [0.4, 0.5) is 0 Å². The van der Waals surface area contributed by atoms with Gasteiger partial charge in [-0.1, -0.05) is 51.1 Å². The molecule has 0 aliphatic heterocycles. The maximum absolute atomic E-state index is 12.7. The van der Waals surface area contributed by atoms with Crippen molar-refractivity contribution in [1.29, 1.82) is 0 Å². The van der Waals surface area contributed by atoms with Crippen LogP contribution >= 0.6 is 0 Å². The maximum atomic E-state index is 12.7. The first kappa shape index (κ1) is 21.6. The lowest BCUT2D eigenvalue weighted by Gasteiger charge is -2.33. The number of hydrogen-bond donors (Lipinski definition) is 3. The molecule has 0 aromatic heterocycles. The summed E-state index contributed by atoms with van der Waals surface area (Å²) < 4.78 is 0. The Morgan fingerprint density at radius 1 is 1.12 bits per heavy atom. The Balaban J connectivity index is 3.09. The number of nitrogens with zero attached hydrogens (tertiary/aromatic N) is 1. The van der Waals surface area contributed by atoms with Gasteiger partial charge in [-0.15, -0.1) is 0 Å². The summed E-state index contributed by atoms with van der Waals surface area (Å²) in [6, 6.07) is 6.62. The highest BCUT2D eigenvalue weighted by Gasteiger charge is 2.34. The number of carbonyl (C=O) groups excluding carboxylic acids is 1. The van der Waals surface area contributed by atoms with Crippen LogP contribution in [0.15, 0.2) is 30.3 Å². The van der Waals surface area contributed by atoms with Crippen LogP contribution in [0.5, 0.6) is 0 Å². The predicted molar refractivity (Wildman–Crippen MR) is 97.6 cm³/mol. The van der Waals surface area contributed by atoms with E-state index in [1.54, 1.807) is 24.3 Å². The van der Waals surface area contributed by atoms with E-state index >= 15 is 0 Å². The number of amides is 1. The zero-order valence-corrected chi connectivity index (χ0v) is 15.5. The minimum atomic E-state index is -1.27.